The van der Waals surface area contributed by atoms with Gasteiger partial charge in [0.2, 0.25) is 0 Å². The Kier molecular flexibility index (Phi) is 5.16. The number of nitrogens with zero attached hydrogens (tertiary/aromatic N) is 1. The van der Waals surface area contributed by atoms with Crippen molar-refractivity contribution < 1.29 is 36.0 Å². The van der Waals surface area contributed by atoms with E-state index >= 15 is 4.39 Å². The highest BCUT2D eigenvalue weighted by molar-refractivity contribution is 5.85. The van der Waals surface area contributed by atoms with Crippen molar-refractivity contribution in [2.45, 2.75) is 36.7 Å². The fourth-order valence-corrected chi connectivity index (χ4v) is 4.43. The van der Waals surface area contributed by atoms with E-state index in [9.17, 15) is 22.4 Å². The molecule has 1 fully saturated rings. The first-order valence-electron chi connectivity index (χ1n) is 9.86. The smallest absolute Gasteiger partial charge is 0.353 e. The molecule has 3 atom stereocenters. The lowest BCUT2D eigenvalue weighted by molar-refractivity contribution is -0.926. The van der Waals surface area contributed by atoms with Gasteiger partial charge in [-0.2, -0.15) is 0 Å². The van der Waals surface area contributed by atoms with Crippen LogP contribution in [-0.4, -0.2) is 42.7 Å². The summed E-state index contributed by atoms with van der Waals surface area (Å²) in [5.41, 5.74) is -4.30. The Bertz CT molecular complexity index is 998. The van der Waals surface area contributed by atoms with Gasteiger partial charge in [0.25, 0.3) is 5.67 Å². The van der Waals surface area contributed by atoms with Crippen molar-refractivity contribution in [1.29, 1.82) is 0 Å². The molecule has 4 rings (SSSR count). The van der Waals surface area contributed by atoms with Gasteiger partial charge in [0.15, 0.2) is 23.3 Å². The highest BCUT2D eigenvalue weighted by atomic mass is 19.2. The molecule has 164 valence electrons. The molecule has 0 aromatic heterocycles. The third-order valence-electron chi connectivity index (χ3n) is 6.46. The largest absolute Gasteiger partial charge is 0.459 e. The number of carbonyl (C=O) groups is 1. The molecule has 0 spiro atoms. The highest BCUT2D eigenvalue weighted by Gasteiger charge is 2.50. The van der Waals surface area contributed by atoms with Crippen LogP contribution in [0.1, 0.15) is 24.0 Å². The van der Waals surface area contributed by atoms with E-state index in [0.717, 1.165) is 12.1 Å². The first kappa shape index (κ1) is 21.5. The topological polar surface area (TPSA) is 26.3 Å². The van der Waals surface area contributed by atoms with Gasteiger partial charge in [0, 0.05) is 24.0 Å². The van der Waals surface area contributed by atoms with Gasteiger partial charge in [-0.3, -0.25) is 0 Å². The summed E-state index contributed by atoms with van der Waals surface area (Å²) in [6.45, 7) is 0. The van der Waals surface area contributed by atoms with E-state index in [1.807, 2.05) is 12.2 Å². The molecule has 2 unspecified atom stereocenters. The van der Waals surface area contributed by atoms with E-state index in [-0.39, 0.29) is 12.1 Å². The molecule has 1 saturated heterocycles. The van der Waals surface area contributed by atoms with Crippen LogP contribution in [0.15, 0.2) is 48.6 Å². The lowest BCUT2D eigenvalue weighted by Crippen LogP contribution is -2.57. The van der Waals surface area contributed by atoms with Crippen LogP contribution in [0.4, 0.5) is 22.0 Å². The maximum absolute atomic E-state index is 16.3. The Labute approximate surface area is 176 Å². The first-order chi connectivity index (χ1) is 14.5. The number of fused-ring (bicyclic) bond motifs is 2. The molecule has 0 N–H and O–H groups in total. The van der Waals surface area contributed by atoms with Gasteiger partial charge in [0.1, 0.15) is 18.2 Å². The maximum atomic E-state index is 16.3. The highest BCUT2D eigenvalue weighted by Crippen LogP contribution is 2.40. The zero-order chi connectivity index (χ0) is 22.6. The average molecular weight is 438 g/mol. The van der Waals surface area contributed by atoms with Crippen molar-refractivity contribution in [3.63, 3.8) is 0 Å². The lowest BCUT2D eigenvalue weighted by Gasteiger charge is -2.44. The molecule has 2 aromatic carbocycles. The number of piperidine rings is 1. The van der Waals surface area contributed by atoms with Crippen LogP contribution in [0.5, 0.6) is 0 Å². The molecule has 0 saturated carbocycles. The van der Waals surface area contributed by atoms with Gasteiger partial charge >= 0.3 is 5.97 Å². The summed E-state index contributed by atoms with van der Waals surface area (Å²) in [5.74, 6) is -6.62. The minimum atomic E-state index is -3.16. The number of carbonyl (C=O) groups excluding carboxylic acids is 1. The number of alkyl halides is 1. The van der Waals surface area contributed by atoms with Crippen molar-refractivity contribution in [1.82, 2.24) is 0 Å². The third-order valence-corrected chi connectivity index (χ3v) is 6.46. The van der Waals surface area contributed by atoms with Crippen LogP contribution in [0, 0.1) is 23.3 Å². The second-order valence-electron chi connectivity index (χ2n) is 8.56. The molecular formula is C23H21F5NO2+. The molecule has 0 aliphatic carbocycles. The van der Waals surface area contributed by atoms with Crippen LogP contribution in [-0.2, 0) is 15.2 Å². The predicted molar refractivity (Wildman–Crippen MR) is 103 cm³/mol. The SMILES string of the molecule is C[N+]1(C)C2C=C[C@@H]1CC(OC(=O)C(F)(c1ccc(F)c(F)c1)c1ccc(F)c(F)c1)C2. The van der Waals surface area contributed by atoms with Crippen molar-refractivity contribution >= 4 is 5.97 Å². The van der Waals surface area contributed by atoms with E-state index in [4.69, 9.17) is 4.74 Å². The Morgan fingerprint density at radius 2 is 1.32 bits per heavy atom. The lowest BCUT2D eigenvalue weighted by atomic mass is 9.87. The molecule has 2 heterocycles. The van der Waals surface area contributed by atoms with Crippen molar-refractivity contribution in [2.75, 3.05) is 14.1 Å². The number of quaternary nitrogens is 1. The number of esters is 1. The minimum Gasteiger partial charge on any atom is -0.459 e. The summed E-state index contributed by atoms with van der Waals surface area (Å²) >= 11 is 0. The number of ether oxygens (including phenoxy) is 1. The van der Waals surface area contributed by atoms with E-state index in [2.05, 4.69) is 14.1 Å². The third kappa shape index (κ3) is 3.52. The summed E-state index contributed by atoms with van der Waals surface area (Å²) in [4.78, 5) is 13.1. The predicted octanol–water partition coefficient (Wildman–Crippen LogP) is 4.55. The number of benzene rings is 2. The quantitative estimate of drug-likeness (QED) is 0.303. The van der Waals surface area contributed by atoms with Crippen LogP contribution in [0.3, 0.4) is 0 Å². The minimum absolute atomic E-state index is 0.0806. The second kappa shape index (κ2) is 7.44. The van der Waals surface area contributed by atoms with Crippen LogP contribution in [0.2, 0.25) is 0 Å². The number of hydrogen-bond acceptors (Lipinski definition) is 2. The molecule has 31 heavy (non-hydrogen) atoms. The Morgan fingerprint density at radius 1 is 0.871 bits per heavy atom. The number of rotatable bonds is 4. The summed E-state index contributed by atoms with van der Waals surface area (Å²) in [5, 5.41) is 0. The molecule has 8 heteroatoms. The van der Waals surface area contributed by atoms with Gasteiger partial charge in [-0.05, 0) is 36.4 Å². The molecule has 3 nitrogen and oxygen atoms in total. The zero-order valence-corrected chi connectivity index (χ0v) is 16.9. The molecule has 0 radical (unpaired) electrons. The first-order valence-corrected chi connectivity index (χ1v) is 9.86. The molecular weight excluding hydrogens is 417 g/mol. The van der Waals surface area contributed by atoms with Gasteiger partial charge in [0.05, 0.1) is 14.1 Å². The molecule has 2 aromatic rings. The normalized spacial score (nSPS) is 24.3. The summed E-state index contributed by atoms with van der Waals surface area (Å²) in [7, 11) is 4.10. The molecule has 2 bridgehead atoms. The number of likely N-dealkylation sites (N-methyl/N-ethyl adjacent to an activating group) is 1. The van der Waals surface area contributed by atoms with E-state index in [1.54, 1.807) is 0 Å². The average Bonchev–Trinajstić information content (AvgIpc) is 2.88. The summed E-state index contributed by atoms with van der Waals surface area (Å²) in [6.07, 6.45) is 4.36. The summed E-state index contributed by atoms with van der Waals surface area (Å²) < 4.78 is 77.0. The van der Waals surface area contributed by atoms with Crippen LogP contribution < -0.4 is 0 Å². The molecule has 2 aliphatic rings. The Balaban J connectivity index is 1.70. The van der Waals surface area contributed by atoms with Gasteiger partial charge < -0.3 is 9.22 Å². The number of halogens is 5. The van der Waals surface area contributed by atoms with Crippen molar-refractivity contribution in [3.8, 4) is 0 Å². The van der Waals surface area contributed by atoms with E-state index in [0.29, 0.717) is 41.6 Å². The fourth-order valence-electron chi connectivity index (χ4n) is 4.43. The fraction of sp³-hybridized carbons (Fsp3) is 0.348. The maximum Gasteiger partial charge on any atom is 0.353 e. The van der Waals surface area contributed by atoms with E-state index < -0.39 is 52.1 Å². The Morgan fingerprint density at radius 3 is 1.74 bits per heavy atom. The van der Waals surface area contributed by atoms with Gasteiger partial charge in [-0.15, -0.1) is 0 Å². The monoisotopic (exact) mass is 438 g/mol. The second-order valence-corrected chi connectivity index (χ2v) is 8.56. The summed E-state index contributed by atoms with van der Waals surface area (Å²) in [6, 6.07) is 4.29. The van der Waals surface area contributed by atoms with Crippen LogP contribution in [0.25, 0.3) is 0 Å². The zero-order valence-electron chi connectivity index (χ0n) is 16.9. The molecule has 2 aliphatic heterocycles. The number of hydrogen-bond donors (Lipinski definition) is 0. The van der Waals surface area contributed by atoms with Crippen LogP contribution >= 0.6 is 0 Å². The van der Waals surface area contributed by atoms with Gasteiger partial charge in [-0.25, -0.2) is 26.7 Å². The van der Waals surface area contributed by atoms with E-state index in [1.165, 1.54) is 0 Å². The van der Waals surface area contributed by atoms with Crippen molar-refractivity contribution in [3.05, 3.63) is 82.9 Å². The standard InChI is InChI=1S/C23H21F5NO2/c1-29(2)15-5-6-16(29)12-17(11-15)31-22(30)23(28,13-3-7-18(24)20(26)9-13)14-4-8-19(25)21(27)10-14/h3-10,15-17H,11-12H2,1-2H3/q+1/t15-,16?,17?/m1/s1. The molecule has 0 amide bonds. The Hall–Kier alpha value is -2.74. The van der Waals surface area contributed by atoms with Gasteiger partial charge in [-0.1, -0.05) is 12.1 Å². The van der Waals surface area contributed by atoms with Crippen molar-refractivity contribution in [2.24, 2.45) is 0 Å².